The van der Waals surface area contributed by atoms with Crippen LogP contribution in [-0.4, -0.2) is 48.8 Å². The van der Waals surface area contributed by atoms with Gasteiger partial charge in [-0.2, -0.15) is 5.10 Å². The third-order valence-electron chi connectivity index (χ3n) is 7.87. The first-order valence-electron chi connectivity index (χ1n) is 12.9. The van der Waals surface area contributed by atoms with Crippen LogP contribution >= 0.6 is 0 Å². The first-order valence-corrected chi connectivity index (χ1v) is 12.9. The Balaban J connectivity index is 1.57. The summed E-state index contributed by atoms with van der Waals surface area (Å²) in [7, 11) is 0. The molecule has 1 N–H and O–H groups in total. The maximum atomic E-state index is 14.1. The van der Waals surface area contributed by atoms with Gasteiger partial charge in [0.25, 0.3) is 5.56 Å². The summed E-state index contributed by atoms with van der Waals surface area (Å²) in [5.74, 6) is 0.474. The van der Waals surface area contributed by atoms with Crippen molar-refractivity contribution in [2.75, 3.05) is 19.6 Å². The highest BCUT2D eigenvalue weighted by Gasteiger charge is 2.27. The lowest BCUT2D eigenvalue weighted by Crippen LogP contribution is -2.39. The molecular formula is C27H31N9O. The minimum absolute atomic E-state index is 0.0858. The minimum atomic E-state index is 0.0858. The fourth-order valence-corrected chi connectivity index (χ4v) is 5.79. The molecule has 0 atom stereocenters. The Bertz CT molecular complexity index is 1640. The molecule has 0 unspecified atom stereocenters. The lowest BCUT2D eigenvalue weighted by Gasteiger charge is -2.34. The second-order valence-corrected chi connectivity index (χ2v) is 9.97. The van der Waals surface area contributed by atoms with E-state index < -0.39 is 0 Å². The molecule has 3 aromatic heterocycles. The molecule has 5 heterocycles. The number of nitrogens with one attached hydrogen (secondary N) is 1. The molecule has 4 aromatic rings. The number of aryl methyl sites for hydroxylation is 2. The van der Waals surface area contributed by atoms with Gasteiger partial charge in [0.05, 0.1) is 17.3 Å². The molecule has 2 aliphatic heterocycles. The van der Waals surface area contributed by atoms with Crippen LogP contribution in [0, 0.1) is 13.8 Å². The van der Waals surface area contributed by atoms with Crippen molar-refractivity contribution in [2.24, 2.45) is 10.3 Å². The minimum Gasteiger partial charge on any atom is -0.307 e. The Morgan fingerprint density at radius 3 is 2.68 bits per heavy atom. The van der Waals surface area contributed by atoms with E-state index >= 15 is 0 Å². The SMILES string of the molecule is CCN1CCC(n2c(Cn3nc4c5c(ncnc53)/N=N\N/C=C/4C)c(C)c3cccc(C)c3c2=O)CC1. The standard InChI is InChI=1S/C27H31N9O/c1-5-34-11-9-19(10-12-34)36-21(18(4)20-8-6-7-16(2)22(20)27(36)37)14-35-26-23-24(32-35)17(3)13-30-33-31-25(23)28-15-29-26/h6-8,13,15,19H,5,9-12,14H2,1-4H3,(H,28,29,30,31)/b17-13+. The number of pyridine rings is 1. The number of aromatic nitrogens is 5. The predicted octanol–water partition coefficient (Wildman–Crippen LogP) is 4.43. The van der Waals surface area contributed by atoms with Crippen molar-refractivity contribution in [3.05, 3.63) is 63.6 Å². The van der Waals surface area contributed by atoms with E-state index in [9.17, 15) is 4.79 Å². The highest BCUT2D eigenvalue weighted by atomic mass is 16.1. The lowest BCUT2D eigenvalue weighted by molar-refractivity contribution is 0.190. The van der Waals surface area contributed by atoms with E-state index in [0.29, 0.717) is 18.0 Å². The summed E-state index contributed by atoms with van der Waals surface area (Å²) >= 11 is 0. The van der Waals surface area contributed by atoms with Gasteiger partial charge in [0.1, 0.15) is 12.0 Å². The summed E-state index contributed by atoms with van der Waals surface area (Å²) in [5, 5.41) is 15.7. The zero-order valence-corrected chi connectivity index (χ0v) is 21.7. The maximum absolute atomic E-state index is 14.1. The number of hydrogen-bond donors (Lipinski definition) is 1. The molecule has 0 spiro atoms. The first kappa shape index (κ1) is 23.5. The second-order valence-electron chi connectivity index (χ2n) is 9.97. The van der Waals surface area contributed by atoms with Crippen molar-refractivity contribution in [3.63, 3.8) is 0 Å². The first-order chi connectivity index (χ1) is 18.0. The number of hydrogen-bond acceptors (Lipinski definition) is 8. The summed E-state index contributed by atoms with van der Waals surface area (Å²) in [6.45, 7) is 11.8. The molecule has 6 rings (SSSR count). The van der Waals surface area contributed by atoms with E-state index in [1.807, 2.05) is 30.7 Å². The number of piperidine rings is 1. The fourth-order valence-electron chi connectivity index (χ4n) is 5.79. The van der Waals surface area contributed by atoms with E-state index in [-0.39, 0.29) is 11.6 Å². The molecule has 0 radical (unpaired) electrons. The van der Waals surface area contributed by atoms with Crippen LogP contribution in [0.3, 0.4) is 0 Å². The Morgan fingerprint density at radius 2 is 1.89 bits per heavy atom. The van der Waals surface area contributed by atoms with Gasteiger partial charge in [0, 0.05) is 31.0 Å². The van der Waals surface area contributed by atoms with E-state index in [0.717, 1.165) is 76.7 Å². The monoisotopic (exact) mass is 497 g/mol. The molecule has 0 aliphatic carbocycles. The van der Waals surface area contributed by atoms with Gasteiger partial charge < -0.3 is 9.47 Å². The van der Waals surface area contributed by atoms with Crippen LogP contribution in [0.5, 0.6) is 0 Å². The van der Waals surface area contributed by atoms with E-state index in [2.05, 4.69) is 55.1 Å². The summed E-state index contributed by atoms with van der Waals surface area (Å²) < 4.78 is 3.95. The number of benzene rings is 1. The van der Waals surface area contributed by atoms with E-state index in [1.165, 1.54) is 6.33 Å². The molecule has 1 aromatic carbocycles. The van der Waals surface area contributed by atoms with Crippen LogP contribution < -0.4 is 11.0 Å². The van der Waals surface area contributed by atoms with Crippen LogP contribution in [0.15, 0.2) is 45.9 Å². The van der Waals surface area contributed by atoms with Gasteiger partial charge in [0.15, 0.2) is 11.5 Å². The van der Waals surface area contributed by atoms with Crippen LogP contribution in [0.4, 0.5) is 5.82 Å². The number of allylic oxidation sites excluding steroid dienone is 1. The molecule has 1 fully saturated rings. The summed E-state index contributed by atoms with van der Waals surface area (Å²) in [5.41, 5.74) is 8.35. The van der Waals surface area contributed by atoms with Crippen molar-refractivity contribution < 1.29 is 0 Å². The molecule has 0 saturated carbocycles. The quantitative estimate of drug-likeness (QED) is 0.447. The molecule has 0 bridgehead atoms. The Hall–Kier alpha value is -3.92. The van der Waals surface area contributed by atoms with Gasteiger partial charge >= 0.3 is 0 Å². The lowest BCUT2D eigenvalue weighted by atomic mass is 9.98. The van der Waals surface area contributed by atoms with Gasteiger partial charge in [-0.25, -0.2) is 14.6 Å². The van der Waals surface area contributed by atoms with Crippen LogP contribution in [-0.2, 0) is 6.54 Å². The molecule has 37 heavy (non-hydrogen) atoms. The number of nitrogens with zero attached hydrogens (tertiary/aromatic N) is 8. The maximum Gasteiger partial charge on any atom is 0.259 e. The molecule has 1 saturated heterocycles. The number of rotatable bonds is 4. The smallest absolute Gasteiger partial charge is 0.259 e. The van der Waals surface area contributed by atoms with Crippen molar-refractivity contribution in [1.29, 1.82) is 0 Å². The molecule has 10 heteroatoms. The van der Waals surface area contributed by atoms with Gasteiger partial charge in [-0.1, -0.05) is 30.3 Å². The van der Waals surface area contributed by atoms with Gasteiger partial charge in [-0.05, 0) is 62.2 Å². The van der Waals surface area contributed by atoms with E-state index in [1.54, 1.807) is 6.20 Å². The number of likely N-dealkylation sites (tertiary alicyclic amines) is 1. The zero-order valence-electron chi connectivity index (χ0n) is 21.7. The predicted molar refractivity (Wildman–Crippen MR) is 144 cm³/mol. The fraction of sp³-hybridized carbons (Fsp3) is 0.407. The normalized spacial score (nSPS) is 18.9. The van der Waals surface area contributed by atoms with Crippen molar-refractivity contribution in [2.45, 2.75) is 53.1 Å². The van der Waals surface area contributed by atoms with E-state index in [4.69, 9.17) is 5.10 Å². The van der Waals surface area contributed by atoms with Gasteiger partial charge in [-0.3, -0.25) is 10.2 Å². The largest absolute Gasteiger partial charge is 0.307 e. The van der Waals surface area contributed by atoms with Gasteiger partial charge in [-0.15, -0.1) is 5.11 Å². The average molecular weight is 498 g/mol. The Kier molecular flexibility index (Phi) is 5.83. The second kappa shape index (κ2) is 9.19. The van der Waals surface area contributed by atoms with Gasteiger partial charge in [0.2, 0.25) is 0 Å². The molecular weight excluding hydrogens is 466 g/mol. The third-order valence-corrected chi connectivity index (χ3v) is 7.87. The van der Waals surface area contributed by atoms with Crippen molar-refractivity contribution in [3.8, 4) is 0 Å². The Morgan fingerprint density at radius 1 is 1.08 bits per heavy atom. The van der Waals surface area contributed by atoms with Crippen molar-refractivity contribution in [1.82, 2.24) is 34.6 Å². The average Bonchev–Trinajstić information content (AvgIpc) is 3.28. The summed E-state index contributed by atoms with van der Waals surface area (Å²) in [6.07, 6.45) is 5.16. The van der Waals surface area contributed by atoms with Crippen LogP contribution in [0.25, 0.3) is 27.4 Å². The molecule has 190 valence electrons. The highest BCUT2D eigenvalue weighted by Crippen LogP contribution is 2.33. The molecule has 10 nitrogen and oxygen atoms in total. The van der Waals surface area contributed by atoms with Crippen LogP contribution in [0.1, 0.15) is 55.2 Å². The summed E-state index contributed by atoms with van der Waals surface area (Å²) in [6, 6.07) is 6.25. The molecule has 2 aliphatic rings. The highest BCUT2D eigenvalue weighted by molar-refractivity contribution is 5.95. The molecule has 0 amide bonds. The third kappa shape index (κ3) is 3.83. The van der Waals surface area contributed by atoms with Crippen LogP contribution in [0.2, 0.25) is 0 Å². The summed E-state index contributed by atoms with van der Waals surface area (Å²) in [4.78, 5) is 25.5. The topological polar surface area (TPSA) is 106 Å². The van der Waals surface area contributed by atoms with Crippen molar-refractivity contribution >= 4 is 33.2 Å². The Labute approximate surface area is 214 Å². The number of fused-ring (bicyclic) bond motifs is 1. The zero-order chi connectivity index (χ0) is 25.7.